The maximum Gasteiger partial charge on any atom is 0.306 e. The first-order valence-corrected chi connectivity index (χ1v) is 28.2. The Hall–Kier alpha value is -3.01. The predicted molar refractivity (Wildman–Crippen MR) is 265 cm³/mol. The monoisotopic (exact) mass is 988 g/mol. The second-order valence-electron chi connectivity index (χ2n) is 18.8. The fourth-order valence-corrected chi connectivity index (χ4v) is 10.7. The van der Waals surface area contributed by atoms with Gasteiger partial charge in [-0.2, -0.15) is 0 Å². The van der Waals surface area contributed by atoms with Gasteiger partial charge >= 0.3 is 35.8 Å². The van der Waals surface area contributed by atoms with Crippen LogP contribution in [-0.2, 0) is 57.2 Å². The van der Waals surface area contributed by atoms with Crippen LogP contribution in [0.4, 0.5) is 0 Å². The van der Waals surface area contributed by atoms with Gasteiger partial charge in [-0.3, -0.25) is 33.6 Å². The largest absolute Gasteiger partial charge is 0.481 e. The molecule has 1 aliphatic rings. The molecule has 16 heteroatoms. The van der Waals surface area contributed by atoms with Crippen LogP contribution in [0.2, 0.25) is 0 Å². The standard InChI is InChI=1S/C51H89NO13S2/c1-6-9-12-15-16-18-25-40(24-17-13-10-7-2)37-61-44(55)29-22-31-46(57)63-39-51(4,5)49(50(60)52-35-33-43(53)54)65-48(59)32-23-30-45(56)62-38-41(26-19-14-11-8-3)64-47(58)28-21-20-27-42-34-36-66-67-42/h40-42,49H,6-39H2,1-5H3,(H,52,60)(H,53,54)/t40?,41?,42?,49-/m0/s1. The van der Waals surface area contributed by atoms with Gasteiger partial charge in [-0.15, -0.1) is 0 Å². The van der Waals surface area contributed by atoms with E-state index in [1.807, 2.05) is 21.6 Å². The third-order valence-corrected chi connectivity index (χ3v) is 14.9. The zero-order chi connectivity index (χ0) is 49.5. The molecule has 388 valence electrons. The summed E-state index contributed by atoms with van der Waals surface area (Å²) < 4.78 is 28.0. The van der Waals surface area contributed by atoms with E-state index in [0.29, 0.717) is 30.6 Å². The smallest absolute Gasteiger partial charge is 0.306 e. The number of esters is 5. The highest BCUT2D eigenvalue weighted by Crippen LogP contribution is 2.40. The van der Waals surface area contributed by atoms with Crippen LogP contribution in [0.5, 0.6) is 0 Å². The molecule has 67 heavy (non-hydrogen) atoms. The van der Waals surface area contributed by atoms with E-state index in [1.54, 1.807) is 13.8 Å². The van der Waals surface area contributed by atoms with Crippen LogP contribution in [0.1, 0.15) is 221 Å². The van der Waals surface area contributed by atoms with E-state index in [9.17, 15) is 33.6 Å². The Labute approximate surface area is 411 Å². The van der Waals surface area contributed by atoms with E-state index in [-0.39, 0.29) is 76.6 Å². The normalized spacial score (nSPS) is 15.0. The SMILES string of the molecule is CCCCCCCCC(CCCCCC)COC(=O)CCCC(=O)OCC(C)(C)[C@@H](OC(=O)CCCC(=O)OCC(CCCCCC)OC(=O)CCCCC1CCSS1)C(=O)NCCC(=O)O. The highest BCUT2D eigenvalue weighted by Gasteiger charge is 2.40. The van der Waals surface area contributed by atoms with Gasteiger partial charge in [0.05, 0.1) is 13.0 Å². The number of aliphatic carboxylic acids is 1. The topological polar surface area (TPSA) is 198 Å². The van der Waals surface area contributed by atoms with Crippen LogP contribution in [0.3, 0.4) is 0 Å². The van der Waals surface area contributed by atoms with Crippen molar-refractivity contribution in [1.29, 1.82) is 0 Å². The van der Waals surface area contributed by atoms with Crippen molar-refractivity contribution in [2.45, 2.75) is 238 Å². The van der Waals surface area contributed by atoms with Crippen molar-refractivity contribution in [2.24, 2.45) is 11.3 Å². The van der Waals surface area contributed by atoms with Crippen LogP contribution in [0.25, 0.3) is 0 Å². The van der Waals surface area contributed by atoms with Crippen molar-refractivity contribution in [2.75, 3.05) is 32.1 Å². The van der Waals surface area contributed by atoms with Gasteiger partial charge < -0.3 is 34.1 Å². The van der Waals surface area contributed by atoms with Gasteiger partial charge in [0.2, 0.25) is 0 Å². The molecule has 0 aromatic carbocycles. The van der Waals surface area contributed by atoms with Crippen molar-refractivity contribution < 1.29 is 62.4 Å². The molecule has 0 aromatic heterocycles. The molecule has 1 amide bonds. The average molecular weight is 988 g/mol. The van der Waals surface area contributed by atoms with Crippen molar-refractivity contribution >= 4 is 63.3 Å². The Morgan fingerprint density at radius 1 is 0.582 bits per heavy atom. The van der Waals surface area contributed by atoms with Crippen molar-refractivity contribution in [3.63, 3.8) is 0 Å². The highest BCUT2D eigenvalue weighted by atomic mass is 33.1. The lowest BCUT2D eigenvalue weighted by molar-refractivity contribution is -0.169. The predicted octanol–water partition coefficient (Wildman–Crippen LogP) is 11.4. The number of hydrogen-bond acceptors (Lipinski definition) is 14. The number of carboxylic acid groups (broad SMARTS) is 1. The summed E-state index contributed by atoms with van der Waals surface area (Å²) in [5, 5.41) is 12.2. The van der Waals surface area contributed by atoms with E-state index in [4.69, 9.17) is 28.8 Å². The zero-order valence-corrected chi connectivity index (χ0v) is 43.6. The number of nitrogens with one attached hydrogen (secondary N) is 1. The lowest BCUT2D eigenvalue weighted by atomic mass is 9.86. The first-order chi connectivity index (χ1) is 32.2. The second kappa shape index (κ2) is 39.8. The molecule has 0 radical (unpaired) electrons. The van der Waals surface area contributed by atoms with Gasteiger partial charge in [0, 0.05) is 55.1 Å². The van der Waals surface area contributed by atoms with Crippen molar-refractivity contribution in [3.8, 4) is 0 Å². The summed E-state index contributed by atoms with van der Waals surface area (Å²) in [4.78, 5) is 88.3. The summed E-state index contributed by atoms with van der Waals surface area (Å²) in [7, 11) is 3.83. The van der Waals surface area contributed by atoms with E-state index in [0.717, 1.165) is 70.6 Å². The molecule has 1 heterocycles. The van der Waals surface area contributed by atoms with E-state index >= 15 is 0 Å². The summed E-state index contributed by atoms with van der Waals surface area (Å²) >= 11 is 0. The number of carboxylic acids is 1. The minimum absolute atomic E-state index is 0.0559. The number of unbranched alkanes of at least 4 members (excludes halogenated alkanes) is 12. The first kappa shape index (κ1) is 62.0. The maximum atomic E-state index is 13.3. The summed E-state index contributed by atoms with van der Waals surface area (Å²) in [6.07, 6.45) is 20.4. The summed E-state index contributed by atoms with van der Waals surface area (Å²) in [6.45, 7) is 9.44. The summed E-state index contributed by atoms with van der Waals surface area (Å²) in [5.74, 6) is -2.98. The van der Waals surface area contributed by atoms with E-state index < -0.39 is 47.4 Å². The highest BCUT2D eigenvalue weighted by molar-refractivity contribution is 8.77. The summed E-state index contributed by atoms with van der Waals surface area (Å²) in [6, 6.07) is 0. The fourth-order valence-electron chi connectivity index (χ4n) is 7.66. The van der Waals surface area contributed by atoms with Crippen LogP contribution in [-0.4, -0.2) is 96.4 Å². The molecule has 0 spiro atoms. The molecule has 0 aliphatic carbocycles. The molecule has 3 unspecified atom stereocenters. The van der Waals surface area contributed by atoms with Gasteiger partial charge in [-0.1, -0.05) is 146 Å². The van der Waals surface area contributed by atoms with E-state index in [2.05, 4.69) is 26.1 Å². The Morgan fingerprint density at radius 3 is 1.67 bits per heavy atom. The van der Waals surface area contributed by atoms with Crippen LogP contribution < -0.4 is 5.32 Å². The number of rotatable bonds is 43. The molecule has 1 saturated heterocycles. The quantitative estimate of drug-likeness (QED) is 0.0253. The number of ether oxygens (including phenoxy) is 5. The maximum absolute atomic E-state index is 13.3. The lowest BCUT2D eigenvalue weighted by Crippen LogP contribution is -2.49. The number of hydrogen-bond donors (Lipinski definition) is 2. The molecule has 2 N–H and O–H groups in total. The van der Waals surface area contributed by atoms with Gasteiger partial charge in [0.15, 0.2) is 6.10 Å². The number of carbonyl (C=O) groups excluding carboxylic acids is 6. The van der Waals surface area contributed by atoms with Crippen LogP contribution in [0.15, 0.2) is 0 Å². The molecular formula is C51H89NO13S2. The molecule has 0 aromatic rings. The molecule has 1 fully saturated rings. The van der Waals surface area contributed by atoms with Crippen molar-refractivity contribution in [1.82, 2.24) is 5.32 Å². The van der Waals surface area contributed by atoms with Gasteiger partial charge in [-0.05, 0) is 63.7 Å². The fraction of sp³-hybridized carbons (Fsp3) is 0.863. The Balaban J connectivity index is 2.64. The van der Waals surface area contributed by atoms with Crippen LogP contribution >= 0.6 is 21.6 Å². The van der Waals surface area contributed by atoms with Crippen LogP contribution in [0, 0.1) is 11.3 Å². The summed E-state index contributed by atoms with van der Waals surface area (Å²) in [5.41, 5.74) is -1.24. The minimum Gasteiger partial charge on any atom is -0.481 e. The lowest BCUT2D eigenvalue weighted by Gasteiger charge is -2.32. The Kier molecular flexibility index (Phi) is 36.8. The second-order valence-corrected chi connectivity index (χ2v) is 21.6. The average Bonchev–Trinajstić information content (AvgIpc) is 3.82. The zero-order valence-electron chi connectivity index (χ0n) is 42.0. The van der Waals surface area contributed by atoms with Gasteiger partial charge in [0.25, 0.3) is 5.91 Å². The molecule has 0 bridgehead atoms. The van der Waals surface area contributed by atoms with E-state index in [1.165, 1.54) is 63.5 Å². The molecule has 1 rings (SSSR count). The Morgan fingerprint density at radius 2 is 1.09 bits per heavy atom. The molecule has 1 aliphatic heterocycles. The molecular weight excluding hydrogens is 899 g/mol. The minimum atomic E-state index is -1.46. The third kappa shape index (κ3) is 34.0. The number of carbonyl (C=O) groups is 7. The number of amides is 1. The Bertz CT molecular complexity index is 1390. The first-order valence-electron chi connectivity index (χ1n) is 25.8. The van der Waals surface area contributed by atoms with Gasteiger partial charge in [-0.25, -0.2) is 0 Å². The van der Waals surface area contributed by atoms with Crippen molar-refractivity contribution in [3.05, 3.63) is 0 Å². The molecule has 0 saturated carbocycles. The molecule has 14 nitrogen and oxygen atoms in total. The third-order valence-electron chi connectivity index (χ3n) is 11.9. The molecule has 4 atom stereocenters. The van der Waals surface area contributed by atoms with Gasteiger partial charge in [0.1, 0.15) is 19.3 Å².